The third kappa shape index (κ3) is 4.92. The molecule has 2 aromatic carbocycles. The predicted molar refractivity (Wildman–Crippen MR) is 122 cm³/mol. The Bertz CT molecular complexity index is 1020. The standard InChI is InChI=1S/C24H27FN4O4/c1-3-33-23(31)20-21(16-4-6-17(25)7-5-16)26-24(27-22(20)30)29-14-12-28(13-15-29)18-8-10-19(32-2)11-9-18/h4-11,20-21H,3,12-15H2,1-2H3,(H,26,27,30)/t20-,21-/m0/s1. The summed E-state index contributed by atoms with van der Waals surface area (Å²) in [7, 11) is 1.64. The Kier molecular flexibility index (Phi) is 6.76. The summed E-state index contributed by atoms with van der Waals surface area (Å²) in [6.07, 6.45) is 0. The highest BCUT2D eigenvalue weighted by Gasteiger charge is 2.42. The van der Waals surface area contributed by atoms with E-state index in [9.17, 15) is 14.0 Å². The number of methoxy groups -OCH3 is 1. The lowest BCUT2D eigenvalue weighted by Gasteiger charge is -2.39. The van der Waals surface area contributed by atoms with Crippen LogP contribution in [0.5, 0.6) is 5.75 Å². The molecule has 0 radical (unpaired) electrons. The van der Waals surface area contributed by atoms with E-state index >= 15 is 0 Å². The van der Waals surface area contributed by atoms with Gasteiger partial charge in [-0.2, -0.15) is 0 Å². The number of nitrogens with one attached hydrogen (secondary N) is 1. The van der Waals surface area contributed by atoms with Crippen molar-refractivity contribution in [2.24, 2.45) is 10.9 Å². The van der Waals surface area contributed by atoms with Crippen LogP contribution in [0.1, 0.15) is 18.5 Å². The number of hydrogen-bond acceptors (Lipinski definition) is 7. The maximum Gasteiger partial charge on any atom is 0.321 e. The number of nitrogens with zero attached hydrogens (tertiary/aromatic N) is 3. The second kappa shape index (κ2) is 9.89. The first kappa shape index (κ1) is 22.6. The molecule has 0 bridgehead atoms. The van der Waals surface area contributed by atoms with Crippen LogP contribution in [0.3, 0.4) is 0 Å². The average molecular weight is 455 g/mol. The molecule has 1 saturated heterocycles. The van der Waals surface area contributed by atoms with E-state index in [4.69, 9.17) is 14.5 Å². The zero-order chi connectivity index (χ0) is 23.4. The third-order valence-electron chi connectivity index (χ3n) is 5.86. The Morgan fingerprint density at radius 1 is 1.06 bits per heavy atom. The molecule has 2 aliphatic rings. The molecule has 0 unspecified atom stereocenters. The quantitative estimate of drug-likeness (QED) is 0.552. The van der Waals surface area contributed by atoms with Crippen molar-refractivity contribution in [3.63, 3.8) is 0 Å². The lowest BCUT2D eigenvalue weighted by atomic mass is 9.91. The maximum atomic E-state index is 13.5. The van der Waals surface area contributed by atoms with Gasteiger partial charge in [0.1, 0.15) is 17.6 Å². The molecule has 33 heavy (non-hydrogen) atoms. The summed E-state index contributed by atoms with van der Waals surface area (Å²) in [6.45, 7) is 4.61. The van der Waals surface area contributed by atoms with Gasteiger partial charge < -0.3 is 19.3 Å². The number of ether oxygens (including phenoxy) is 2. The predicted octanol–water partition coefficient (Wildman–Crippen LogP) is 2.36. The number of carbonyl (C=O) groups is 2. The molecular formula is C24H27FN4O4. The number of amides is 1. The number of rotatable bonds is 5. The summed E-state index contributed by atoms with van der Waals surface area (Å²) in [6, 6.07) is 12.8. The highest BCUT2D eigenvalue weighted by atomic mass is 19.1. The minimum Gasteiger partial charge on any atom is -0.497 e. The molecule has 2 aliphatic heterocycles. The van der Waals surface area contributed by atoms with Crippen LogP contribution in [-0.2, 0) is 14.3 Å². The average Bonchev–Trinajstić information content (AvgIpc) is 2.84. The second-order valence-corrected chi connectivity index (χ2v) is 7.84. The van der Waals surface area contributed by atoms with Crippen LogP contribution in [0, 0.1) is 11.7 Å². The van der Waals surface area contributed by atoms with Crippen LogP contribution >= 0.6 is 0 Å². The molecule has 4 rings (SSSR count). The minimum absolute atomic E-state index is 0.155. The molecule has 0 spiro atoms. The van der Waals surface area contributed by atoms with Gasteiger partial charge >= 0.3 is 5.97 Å². The summed E-state index contributed by atoms with van der Waals surface area (Å²) >= 11 is 0. The SMILES string of the molecule is CCOC(=O)[C@@H]1C(=O)NC(N2CCN(c3ccc(OC)cc3)CC2)=N[C@H]1c1ccc(F)cc1. The van der Waals surface area contributed by atoms with Gasteiger partial charge in [-0.1, -0.05) is 12.1 Å². The Hall–Kier alpha value is -3.62. The van der Waals surface area contributed by atoms with Gasteiger partial charge in [0.2, 0.25) is 11.9 Å². The molecule has 0 aromatic heterocycles. The number of guanidine groups is 1. The van der Waals surface area contributed by atoms with Crippen molar-refractivity contribution >= 4 is 23.5 Å². The van der Waals surface area contributed by atoms with Crippen molar-refractivity contribution in [1.29, 1.82) is 0 Å². The Morgan fingerprint density at radius 2 is 1.70 bits per heavy atom. The lowest BCUT2D eigenvalue weighted by molar-refractivity contribution is -0.153. The Morgan fingerprint density at radius 3 is 2.30 bits per heavy atom. The van der Waals surface area contributed by atoms with Crippen molar-refractivity contribution in [3.8, 4) is 5.75 Å². The summed E-state index contributed by atoms with van der Waals surface area (Å²) in [4.78, 5) is 34.4. The molecule has 1 fully saturated rings. The van der Waals surface area contributed by atoms with Crippen LogP contribution in [-0.4, -0.2) is 62.6 Å². The summed E-state index contributed by atoms with van der Waals surface area (Å²) in [5, 5.41) is 2.78. The highest BCUT2D eigenvalue weighted by Crippen LogP contribution is 2.31. The van der Waals surface area contributed by atoms with Crippen LogP contribution in [0.25, 0.3) is 0 Å². The van der Waals surface area contributed by atoms with Gasteiger partial charge in [0.25, 0.3) is 0 Å². The first-order valence-corrected chi connectivity index (χ1v) is 10.9. The largest absolute Gasteiger partial charge is 0.497 e. The van der Waals surface area contributed by atoms with E-state index in [1.807, 2.05) is 29.2 Å². The van der Waals surface area contributed by atoms with E-state index in [1.165, 1.54) is 12.1 Å². The second-order valence-electron chi connectivity index (χ2n) is 7.84. The molecule has 1 N–H and O–H groups in total. The molecule has 0 saturated carbocycles. The normalized spacial score (nSPS) is 20.7. The van der Waals surface area contributed by atoms with E-state index in [0.29, 0.717) is 24.6 Å². The summed E-state index contributed by atoms with van der Waals surface area (Å²) in [5.74, 6) is -1.41. The number of benzene rings is 2. The molecule has 174 valence electrons. The Balaban J connectivity index is 1.53. The number of anilines is 1. The molecule has 9 heteroatoms. The number of carbonyl (C=O) groups excluding carboxylic acids is 2. The number of esters is 1. The smallest absolute Gasteiger partial charge is 0.321 e. The van der Waals surface area contributed by atoms with Gasteiger partial charge in [-0.05, 0) is 48.9 Å². The van der Waals surface area contributed by atoms with E-state index in [-0.39, 0.29) is 6.61 Å². The number of halogens is 1. The van der Waals surface area contributed by atoms with Crippen molar-refractivity contribution in [2.45, 2.75) is 13.0 Å². The van der Waals surface area contributed by atoms with Gasteiger partial charge in [0.15, 0.2) is 5.92 Å². The van der Waals surface area contributed by atoms with Gasteiger partial charge in [0, 0.05) is 31.9 Å². The fraction of sp³-hybridized carbons (Fsp3) is 0.375. The monoisotopic (exact) mass is 454 g/mol. The van der Waals surface area contributed by atoms with E-state index in [2.05, 4.69) is 10.2 Å². The van der Waals surface area contributed by atoms with E-state index in [0.717, 1.165) is 24.5 Å². The maximum absolute atomic E-state index is 13.5. The molecule has 0 aliphatic carbocycles. The van der Waals surface area contributed by atoms with Crippen LogP contribution < -0.4 is 15.0 Å². The topological polar surface area (TPSA) is 83.5 Å². The third-order valence-corrected chi connectivity index (χ3v) is 5.86. The van der Waals surface area contributed by atoms with Gasteiger partial charge in [0.05, 0.1) is 13.7 Å². The fourth-order valence-corrected chi connectivity index (χ4v) is 4.09. The van der Waals surface area contributed by atoms with Crippen molar-refractivity contribution in [3.05, 3.63) is 59.9 Å². The molecule has 1 amide bonds. The van der Waals surface area contributed by atoms with E-state index in [1.54, 1.807) is 26.2 Å². The Labute approximate surface area is 192 Å². The summed E-state index contributed by atoms with van der Waals surface area (Å²) in [5.41, 5.74) is 1.68. The van der Waals surface area contributed by atoms with E-state index < -0.39 is 29.7 Å². The molecular weight excluding hydrogens is 427 g/mol. The number of hydrogen-bond donors (Lipinski definition) is 1. The van der Waals surface area contributed by atoms with Crippen LogP contribution in [0.4, 0.5) is 10.1 Å². The number of aliphatic imine (C=N–C) groups is 1. The zero-order valence-electron chi connectivity index (χ0n) is 18.7. The summed E-state index contributed by atoms with van der Waals surface area (Å²) < 4.78 is 23.8. The molecule has 2 heterocycles. The van der Waals surface area contributed by atoms with Crippen molar-refractivity contribution < 1.29 is 23.5 Å². The number of piperazine rings is 1. The highest BCUT2D eigenvalue weighted by molar-refractivity contribution is 6.08. The lowest BCUT2D eigenvalue weighted by Crippen LogP contribution is -2.57. The van der Waals surface area contributed by atoms with Crippen LogP contribution in [0.15, 0.2) is 53.5 Å². The molecule has 2 aromatic rings. The van der Waals surface area contributed by atoms with Gasteiger partial charge in [-0.25, -0.2) is 9.38 Å². The molecule has 8 nitrogen and oxygen atoms in total. The van der Waals surface area contributed by atoms with Crippen LogP contribution in [0.2, 0.25) is 0 Å². The first-order chi connectivity index (χ1) is 16.0. The first-order valence-electron chi connectivity index (χ1n) is 10.9. The van der Waals surface area contributed by atoms with Crippen molar-refractivity contribution in [2.75, 3.05) is 44.8 Å². The van der Waals surface area contributed by atoms with Gasteiger partial charge in [-0.3, -0.25) is 14.9 Å². The van der Waals surface area contributed by atoms with Gasteiger partial charge in [-0.15, -0.1) is 0 Å². The molecule has 2 atom stereocenters. The van der Waals surface area contributed by atoms with Crippen molar-refractivity contribution in [1.82, 2.24) is 10.2 Å². The zero-order valence-corrected chi connectivity index (χ0v) is 18.7. The minimum atomic E-state index is -1.13. The fourth-order valence-electron chi connectivity index (χ4n) is 4.09.